The smallest absolute Gasteiger partial charge is 0.307 e. The van der Waals surface area contributed by atoms with Gasteiger partial charge in [0.2, 0.25) is 0 Å². The van der Waals surface area contributed by atoms with Crippen LogP contribution in [-0.4, -0.2) is 75.9 Å². The molecule has 2 N–H and O–H groups in total. The summed E-state index contributed by atoms with van der Waals surface area (Å²) in [5.41, 5.74) is 1.74. The molecule has 8 nitrogen and oxygen atoms in total. The van der Waals surface area contributed by atoms with Crippen LogP contribution in [0, 0.1) is 5.92 Å². The second-order valence-electron chi connectivity index (χ2n) is 12.5. The number of fused-ring (bicyclic) bond motifs is 1. The zero-order chi connectivity index (χ0) is 26.7. The number of methoxy groups -OCH3 is 1. The van der Waals surface area contributed by atoms with Gasteiger partial charge in [0.05, 0.1) is 36.6 Å². The van der Waals surface area contributed by atoms with Crippen LogP contribution in [0.5, 0.6) is 11.5 Å². The highest BCUT2D eigenvalue weighted by atomic mass is 16.5. The van der Waals surface area contributed by atoms with Crippen LogP contribution in [0.15, 0.2) is 36.4 Å². The van der Waals surface area contributed by atoms with Crippen molar-refractivity contribution in [1.82, 2.24) is 9.80 Å². The highest BCUT2D eigenvalue weighted by Gasteiger charge is 2.74. The fraction of sp³-hybridized carbons (Fsp3) is 0.548. The van der Waals surface area contributed by atoms with E-state index in [1.807, 2.05) is 35.2 Å². The van der Waals surface area contributed by atoms with E-state index in [2.05, 4.69) is 4.90 Å². The quantitative estimate of drug-likeness (QED) is 0.573. The molecule has 1 amide bonds. The maximum atomic E-state index is 14.0. The molecule has 1 saturated heterocycles. The molecule has 6 atom stereocenters. The van der Waals surface area contributed by atoms with Crippen LogP contribution >= 0.6 is 0 Å². The molecule has 2 aromatic rings. The van der Waals surface area contributed by atoms with E-state index in [0.29, 0.717) is 36.5 Å². The van der Waals surface area contributed by atoms with E-state index >= 15 is 0 Å². The number of aromatic hydroxyl groups is 1. The van der Waals surface area contributed by atoms with Crippen LogP contribution in [0.2, 0.25) is 0 Å². The third-order valence-corrected chi connectivity index (χ3v) is 10.8. The van der Waals surface area contributed by atoms with Gasteiger partial charge in [0.1, 0.15) is 6.10 Å². The second kappa shape index (κ2) is 7.98. The lowest BCUT2D eigenvalue weighted by atomic mass is 9.48. The van der Waals surface area contributed by atoms with Crippen LogP contribution in [0.25, 0.3) is 0 Å². The maximum Gasteiger partial charge on any atom is 0.307 e. The lowest BCUT2D eigenvalue weighted by Crippen LogP contribution is -2.78. The predicted molar refractivity (Wildman–Crippen MR) is 141 cm³/mol. The average molecular weight is 531 g/mol. The molecule has 8 rings (SSSR count). The van der Waals surface area contributed by atoms with Crippen LogP contribution in [0.4, 0.5) is 0 Å². The molecule has 204 valence electrons. The number of phenols is 1. The zero-order valence-corrected chi connectivity index (χ0v) is 22.1. The number of likely N-dealkylation sites (tertiary alicyclic amines) is 1. The van der Waals surface area contributed by atoms with Crippen LogP contribution in [-0.2, 0) is 21.4 Å². The summed E-state index contributed by atoms with van der Waals surface area (Å²) in [5.74, 6) is 0.770. The number of benzene rings is 2. The summed E-state index contributed by atoms with van der Waals surface area (Å²) in [4.78, 5) is 30.9. The fourth-order valence-corrected chi connectivity index (χ4v) is 8.98. The van der Waals surface area contributed by atoms with Gasteiger partial charge in [-0.2, -0.15) is 0 Å². The number of carbonyl (C=O) groups is 2. The molecule has 2 saturated carbocycles. The number of hydrogen-bond acceptors (Lipinski definition) is 7. The average Bonchev–Trinajstić information content (AvgIpc) is 3.62. The number of rotatable bonds is 5. The van der Waals surface area contributed by atoms with E-state index in [1.54, 1.807) is 6.07 Å². The standard InChI is InChI=1S/C31H34N2O6/c1-38-25(35)15-22-19-4-2-3-5-20(19)29(36)33(22)21-10-11-31(37)24-14-18-8-9-23(34)27-26(18)30(31,28(21)39-27)12-13-32(24)16-17-6-7-17/h2-5,8-9,17,21-22,24,28,34,37H,6-7,10-16H2,1H3/t21-,22?,24+,28+,30+,31-/m1/s1. The number of nitrogens with zero attached hydrogens (tertiary/aromatic N) is 2. The van der Waals surface area contributed by atoms with Gasteiger partial charge in [0.15, 0.2) is 11.5 Å². The minimum absolute atomic E-state index is 0.0285. The summed E-state index contributed by atoms with van der Waals surface area (Å²) in [5, 5.41) is 23.7. The number of amides is 1. The number of aliphatic hydroxyl groups is 1. The van der Waals surface area contributed by atoms with Gasteiger partial charge in [0, 0.05) is 23.7 Å². The van der Waals surface area contributed by atoms with E-state index in [4.69, 9.17) is 9.47 Å². The predicted octanol–water partition coefficient (Wildman–Crippen LogP) is 3.09. The first-order chi connectivity index (χ1) is 18.9. The maximum absolute atomic E-state index is 14.0. The van der Waals surface area contributed by atoms with Crippen molar-refractivity contribution < 1.29 is 29.3 Å². The first kappa shape index (κ1) is 23.8. The zero-order valence-electron chi connectivity index (χ0n) is 22.1. The normalized spacial score (nSPS) is 35.8. The molecule has 2 bridgehead atoms. The van der Waals surface area contributed by atoms with E-state index in [1.165, 1.54) is 20.0 Å². The number of piperidine rings is 1. The van der Waals surface area contributed by atoms with Crippen molar-refractivity contribution >= 4 is 11.9 Å². The molecule has 3 heterocycles. The molecule has 39 heavy (non-hydrogen) atoms. The molecule has 3 aliphatic heterocycles. The third-order valence-electron chi connectivity index (χ3n) is 10.8. The van der Waals surface area contributed by atoms with Gasteiger partial charge < -0.3 is 24.6 Å². The van der Waals surface area contributed by atoms with Gasteiger partial charge >= 0.3 is 5.97 Å². The Morgan fingerprint density at radius 3 is 2.77 bits per heavy atom. The summed E-state index contributed by atoms with van der Waals surface area (Å²) in [6.07, 6.45) is 4.56. The molecule has 1 unspecified atom stereocenters. The summed E-state index contributed by atoms with van der Waals surface area (Å²) < 4.78 is 11.8. The van der Waals surface area contributed by atoms with Gasteiger partial charge in [-0.3, -0.25) is 14.5 Å². The van der Waals surface area contributed by atoms with E-state index in [9.17, 15) is 19.8 Å². The number of hydrogen-bond donors (Lipinski definition) is 2. The topological polar surface area (TPSA) is 99.5 Å². The van der Waals surface area contributed by atoms with E-state index in [-0.39, 0.29) is 36.1 Å². The van der Waals surface area contributed by atoms with Crippen molar-refractivity contribution in [2.45, 2.75) is 80.2 Å². The number of esters is 1. The van der Waals surface area contributed by atoms with Crippen molar-refractivity contribution in [3.05, 3.63) is 58.7 Å². The second-order valence-corrected chi connectivity index (χ2v) is 12.5. The van der Waals surface area contributed by atoms with Gasteiger partial charge in [0.25, 0.3) is 5.91 Å². The van der Waals surface area contributed by atoms with Gasteiger partial charge in [-0.25, -0.2) is 0 Å². The first-order valence-electron chi connectivity index (χ1n) is 14.3. The van der Waals surface area contributed by atoms with Crippen LogP contribution in [0.3, 0.4) is 0 Å². The van der Waals surface area contributed by atoms with Gasteiger partial charge in [-0.1, -0.05) is 24.3 Å². The lowest BCUT2D eigenvalue weighted by Gasteiger charge is -2.65. The van der Waals surface area contributed by atoms with Gasteiger partial charge in [-0.05, 0) is 74.2 Å². The molecule has 0 aromatic heterocycles. The van der Waals surface area contributed by atoms with Crippen molar-refractivity contribution in [3.63, 3.8) is 0 Å². The van der Waals surface area contributed by atoms with E-state index in [0.717, 1.165) is 36.2 Å². The Hall–Kier alpha value is -3.10. The van der Waals surface area contributed by atoms with Crippen molar-refractivity contribution in [2.75, 3.05) is 20.2 Å². The minimum atomic E-state index is -1.03. The highest BCUT2D eigenvalue weighted by molar-refractivity contribution is 6.00. The largest absolute Gasteiger partial charge is 0.504 e. The molecule has 1 spiro atoms. The lowest BCUT2D eigenvalue weighted by molar-refractivity contribution is -0.200. The summed E-state index contributed by atoms with van der Waals surface area (Å²) in [6, 6.07) is 10.3. The Kier molecular flexibility index (Phi) is 4.86. The Morgan fingerprint density at radius 1 is 1.15 bits per heavy atom. The number of carbonyl (C=O) groups excluding carboxylic acids is 2. The van der Waals surface area contributed by atoms with E-state index < -0.39 is 23.2 Å². The number of phenolic OH excluding ortho intramolecular Hbond substituents is 1. The number of ether oxygens (including phenoxy) is 2. The van der Waals surface area contributed by atoms with Gasteiger partial charge in [-0.15, -0.1) is 0 Å². The molecular formula is C31H34N2O6. The van der Waals surface area contributed by atoms with Crippen molar-refractivity contribution in [2.24, 2.45) is 5.92 Å². The summed E-state index contributed by atoms with van der Waals surface area (Å²) in [6.45, 7) is 1.86. The Morgan fingerprint density at radius 2 is 1.97 bits per heavy atom. The third kappa shape index (κ3) is 2.96. The molecule has 3 aliphatic carbocycles. The van der Waals surface area contributed by atoms with Crippen molar-refractivity contribution in [3.8, 4) is 11.5 Å². The molecule has 6 aliphatic rings. The van der Waals surface area contributed by atoms with Crippen LogP contribution < -0.4 is 4.74 Å². The summed E-state index contributed by atoms with van der Waals surface area (Å²) in [7, 11) is 1.37. The monoisotopic (exact) mass is 530 g/mol. The highest BCUT2D eigenvalue weighted by Crippen LogP contribution is 2.66. The van der Waals surface area contributed by atoms with Crippen LogP contribution in [0.1, 0.15) is 71.6 Å². The Labute approximate surface area is 227 Å². The first-order valence-corrected chi connectivity index (χ1v) is 14.3. The minimum Gasteiger partial charge on any atom is -0.504 e. The van der Waals surface area contributed by atoms with Crippen molar-refractivity contribution in [1.29, 1.82) is 0 Å². The Balaban J connectivity index is 1.26. The molecule has 8 heteroatoms. The summed E-state index contributed by atoms with van der Waals surface area (Å²) >= 11 is 0. The fourth-order valence-electron chi connectivity index (χ4n) is 8.98. The molecule has 3 fully saturated rings. The molecule has 2 aromatic carbocycles. The Bertz CT molecular complexity index is 1410. The molecule has 0 radical (unpaired) electrons. The molecular weight excluding hydrogens is 496 g/mol. The SMILES string of the molecule is COC(=O)CC1c2ccccc2C(=O)N1[C@@H]1CC[C@@]2(O)[C@@H]3Cc4ccc(O)c5c4[C@@]2(CCN3CC2CC2)[C@H]1O5.